The van der Waals surface area contributed by atoms with E-state index in [1.54, 1.807) is 0 Å². The molecule has 12 unspecified atom stereocenters. The zero-order valence-corrected chi connectivity index (χ0v) is 32.7. The fraction of sp³-hybridized carbons (Fsp3) is 0.825. The molecule has 0 aromatic heterocycles. The molecule has 9 nitrogen and oxygen atoms in total. The number of rotatable bonds is 3. The SMILES string of the molecule is CC=C(C)C(=O)OC1(C)CC=C2CSSC3(CCCC3)C3C(CC)CN3C(=O)CC3CNC(N)CC3C2C12CC1CC3CCC(=O)OC3CC1O2. The number of amides is 1. The summed E-state index contributed by atoms with van der Waals surface area (Å²) < 4.78 is 20.3. The normalized spacial score (nSPS) is 45.2. The van der Waals surface area contributed by atoms with Gasteiger partial charge in [0.2, 0.25) is 5.91 Å². The Balaban J connectivity index is 1.22. The van der Waals surface area contributed by atoms with E-state index in [9.17, 15) is 14.4 Å². The van der Waals surface area contributed by atoms with E-state index >= 15 is 0 Å². The Bertz CT molecular complexity index is 1460. The van der Waals surface area contributed by atoms with Crippen LogP contribution in [0.15, 0.2) is 23.3 Å². The highest BCUT2D eigenvalue weighted by Crippen LogP contribution is 2.63. The number of carbonyl (C=O) groups is 3. The van der Waals surface area contributed by atoms with Crippen LogP contribution in [0.4, 0.5) is 0 Å². The molecule has 11 heteroatoms. The van der Waals surface area contributed by atoms with E-state index in [0.29, 0.717) is 55.7 Å². The van der Waals surface area contributed by atoms with Crippen molar-refractivity contribution in [1.29, 1.82) is 0 Å². The molecular formula is C40H59N3O6S2. The lowest BCUT2D eigenvalue weighted by molar-refractivity contribution is -0.229. The zero-order chi connectivity index (χ0) is 35.7. The van der Waals surface area contributed by atoms with Gasteiger partial charge in [0, 0.05) is 60.8 Å². The van der Waals surface area contributed by atoms with Gasteiger partial charge in [0.1, 0.15) is 17.3 Å². The van der Waals surface area contributed by atoms with Gasteiger partial charge < -0.3 is 30.2 Å². The van der Waals surface area contributed by atoms with E-state index in [-0.39, 0.29) is 64.6 Å². The number of nitrogens with one attached hydrogen (secondary N) is 1. The summed E-state index contributed by atoms with van der Waals surface area (Å²) in [6.45, 7) is 9.64. The Kier molecular flexibility index (Phi) is 9.97. The fourth-order valence-electron chi connectivity index (χ4n) is 12.0. The molecule has 0 aromatic carbocycles. The molecule has 3 aliphatic carbocycles. The van der Waals surface area contributed by atoms with Crippen LogP contribution in [-0.4, -0.2) is 82.0 Å². The summed E-state index contributed by atoms with van der Waals surface area (Å²) in [5.74, 6) is 2.01. The number of hydrogen-bond donors (Lipinski definition) is 2. The van der Waals surface area contributed by atoms with E-state index in [0.717, 1.165) is 44.4 Å². The molecule has 8 rings (SSSR count). The van der Waals surface area contributed by atoms with Crippen LogP contribution in [0.3, 0.4) is 0 Å². The second-order valence-electron chi connectivity index (χ2n) is 17.5. The van der Waals surface area contributed by atoms with Crippen LogP contribution in [-0.2, 0) is 28.6 Å². The van der Waals surface area contributed by atoms with Gasteiger partial charge in [-0.15, -0.1) is 0 Å². The van der Waals surface area contributed by atoms with Crippen molar-refractivity contribution in [3.8, 4) is 0 Å². The number of allylic oxidation sites excluding steroid dienone is 1. The van der Waals surface area contributed by atoms with Crippen molar-refractivity contribution in [2.75, 3.05) is 18.8 Å². The van der Waals surface area contributed by atoms with Crippen molar-refractivity contribution in [2.24, 2.45) is 41.2 Å². The Labute approximate surface area is 312 Å². The lowest BCUT2D eigenvalue weighted by Crippen LogP contribution is -2.68. The standard InChI is InChI=1S/C40H59N3O6S2/c1-5-23(3)37(46)49-38(4)14-11-26-22-50-51-39(12-7-8-13-39)36-24(6-2)21-43(36)33(44)16-28-20-42-32(41)17-29(28)35(26)40(38)19-27-15-25-9-10-34(45)47-30(25)18-31(27)48-40/h5,11,24-25,27-32,35-36,42H,6-10,12-22,41H2,1-4H3. The van der Waals surface area contributed by atoms with Gasteiger partial charge in [0.15, 0.2) is 0 Å². The van der Waals surface area contributed by atoms with Gasteiger partial charge in [0.25, 0.3) is 0 Å². The van der Waals surface area contributed by atoms with Crippen LogP contribution in [0.25, 0.3) is 0 Å². The average Bonchev–Trinajstić information content (AvgIpc) is 3.71. The highest BCUT2D eigenvalue weighted by Gasteiger charge is 2.68. The van der Waals surface area contributed by atoms with Crippen LogP contribution < -0.4 is 11.1 Å². The maximum atomic E-state index is 14.5. The van der Waals surface area contributed by atoms with E-state index in [1.165, 1.54) is 31.3 Å². The van der Waals surface area contributed by atoms with Crippen LogP contribution in [0, 0.1) is 35.5 Å². The molecule has 51 heavy (non-hydrogen) atoms. The first-order valence-corrected chi connectivity index (χ1v) is 22.3. The number of piperidine rings is 1. The van der Waals surface area contributed by atoms with Gasteiger partial charge in [-0.25, -0.2) is 4.79 Å². The summed E-state index contributed by atoms with van der Waals surface area (Å²) in [7, 11) is 4.04. The summed E-state index contributed by atoms with van der Waals surface area (Å²) in [4.78, 5) is 43.0. The predicted octanol–water partition coefficient (Wildman–Crippen LogP) is 6.31. The third kappa shape index (κ3) is 6.15. The molecule has 7 fully saturated rings. The molecule has 5 heterocycles. The number of nitrogens with zero attached hydrogens (tertiary/aromatic N) is 1. The molecule has 282 valence electrons. The largest absolute Gasteiger partial charge is 0.462 e. The first-order valence-electron chi connectivity index (χ1n) is 20.0. The molecule has 0 bridgehead atoms. The molecule has 2 spiro atoms. The molecule has 5 saturated heterocycles. The molecular weight excluding hydrogens is 683 g/mol. The minimum Gasteiger partial charge on any atom is -0.462 e. The van der Waals surface area contributed by atoms with Crippen LogP contribution in [0.5, 0.6) is 0 Å². The number of esters is 2. The van der Waals surface area contributed by atoms with E-state index in [2.05, 4.69) is 40.9 Å². The average molecular weight is 742 g/mol. The summed E-state index contributed by atoms with van der Waals surface area (Å²) in [6, 6.07) is 0.311. The molecule has 0 aromatic rings. The van der Waals surface area contributed by atoms with E-state index in [1.807, 2.05) is 30.7 Å². The van der Waals surface area contributed by atoms with Crippen molar-refractivity contribution in [1.82, 2.24) is 10.2 Å². The summed E-state index contributed by atoms with van der Waals surface area (Å²) in [5.41, 5.74) is 7.00. The van der Waals surface area contributed by atoms with Crippen LogP contribution >= 0.6 is 21.6 Å². The number of hydrogen-bond acceptors (Lipinski definition) is 10. The third-order valence-corrected chi connectivity index (χ3v) is 18.1. The monoisotopic (exact) mass is 741 g/mol. The van der Waals surface area contributed by atoms with Crippen molar-refractivity contribution in [2.45, 2.75) is 152 Å². The molecule has 5 aliphatic heterocycles. The molecule has 1 amide bonds. The van der Waals surface area contributed by atoms with Crippen LogP contribution in [0.2, 0.25) is 0 Å². The van der Waals surface area contributed by atoms with Crippen molar-refractivity contribution in [3.63, 3.8) is 0 Å². The van der Waals surface area contributed by atoms with Gasteiger partial charge >= 0.3 is 11.9 Å². The maximum Gasteiger partial charge on any atom is 0.334 e. The third-order valence-electron chi connectivity index (χ3n) is 14.8. The van der Waals surface area contributed by atoms with Crippen molar-refractivity contribution >= 4 is 39.4 Å². The summed E-state index contributed by atoms with van der Waals surface area (Å²) >= 11 is 0. The van der Waals surface area contributed by atoms with Crippen LogP contribution in [0.1, 0.15) is 111 Å². The molecule has 2 saturated carbocycles. The predicted molar refractivity (Wildman–Crippen MR) is 200 cm³/mol. The van der Waals surface area contributed by atoms with Crippen molar-refractivity contribution in [3.05, 3.63) is 23.3 Å². The number of fused-ring (bicyclic) bond motifs is 8. The first kappa shape index (κ1) is 36.4. The first-order chi connectivity index (χ1) is 24.5. The number of nitrogens with two attached hydrogens (primary N) is 1. The fourth-order valence-corrected chi connectivity index (χ4v) is 15.7. The maximum absolute atomic E-state index is 14.5. The van der Waals surface area contributed by atoms with E-state index < -0.39 is 11.2 Å². The Morgan fingerprint density at radius 1 is 1.16 bits per heavy atom. The topological polar surface area (TPSA) is 120 Å². The lowest BCUT2D eigenvalue weighted by atomic mass is 9.56. The summed E-state index contributed by atoms with van der Waals surface area (Å²) in [5, 5.41) is 3.56. The van der Waals surface area contributed by atoms with Gasteiger partial charge in [-0.2, -0.15) is 0 Å². The molecule has 3 N–H and O–H groups in total. The van der Waals surface area contributed by atoms with Gasteiger partial charge in [-0.1, -0.05) is 59.1 Å². The number of ether oxygens (including phenoxy) is 3. The zero-order valence-electron chi connectivity index (χ0n) is 31.0. The lowest BCUT2D eigenvalue weighted by Gasteiger charge is -2.58. The minimum atomic E-state index is -0.927. The van der Waals surface area contributed by atoms with Gasteiger partial charge in [-0.05, 0) is 95.3 Å². The van der Waals surface area contributed by atoms with Gasteiger partial charge in [0.05, 0.1) is 18.3 Å². The number of carbonyl (C=O) groups excluding carboxylic acids is 3. The Morgan fingerprint density at radius 2 is 1.96 bits per heavy atom. The van der Waals surface area contributed by atoms with Gasteiger partial charge in [-0.3, -0.25) is 9.59 Å². The Hall–Kier alpha value is -1.53. The second-order valence-corrected chi connectivity index (χ2v) is 20.2. The molecule has 0 radical (unpaired) electrons. The smallest absolute Gasteiger partial charge is 0.334 e. The second kappa shape index (κ2) is 14.0. The quantitative estimate of drug-likeness (QED) is 0.148. The summed E-state index contributed by atoms with van der Waals surface area (Å²) in [6.07, 6.45) is 15.2. The molecule has 8 aliphatic rings. The van der Waals surface area contributed by atoms with Crippen molar-refractivity contribution < 1.29 is 28.6 Å². The van der Waals surface area contributed by atoms with E-state index in [4.69, 9.17) is 19.9 Å². The Morgan fingerprint density at radius 3 is 2.73 bits per heavy atom. The highest BCUT2D eigenvalue weighted by molar-refractivity contribution is 8.77. The molecule has 12 atom stereocenters. The highest BCUT2D eigenvalue weighted by atomic mass is 33.1. The minimum absolute atomic E-state index is 0.0706.